The number of nitrogens with zero attached hydrogens (tertiary/aromatic N) is 3. The Morgan fingerprint density at radius 2 is 0.722 bits per heavy atom. The molecule has 2 aliphatic rings. The molecule has 0 atom stereocenters. The number of aromatic nitrogens is 3. The highest BCUT2D eigenvalue weighted by Crippen LogP contribution is 2.37. The van der Waals surface area contributed by atoms with E-state index in [1.165, 1.54) is 65.3 Å². The van der Waals surface area contributed by atoms with Crippen molar-refractivity contribution in [1.29, 1.82) is 0 Å². The van der Waals surface area contributed by atoms with Gasteiger partial charge < -0.3 is 0 Å². The minimum atomic E-state index is -2.16. The molecule has 8 aromatic rings. The van der Waals surface area contributed by atoms with Crippen molar-refractivity contribution in [2.75, 3.05) is 0 Å². The van der Waals surface area contributed by atoms with Gasteiger partial charge in [0.1, 0.15) is 16.1 Å². The first-order valence-electron chi connectivity index (χ1n) is 18.8. The lowest BCUT2D eigenvalue weighted by Gasteiger charge is -2.23. The summed E-state index contributed by atoms with van der Waals surface area (Å²) in [5.41, 5.74) is 13.6. The molecule has 7 aromatic carbocycles. The van der Waals surface area contributed by atoms with Gasteiger partial charge in [-0.15, -0.1) is 0 Å². The Morgan fingerprint density at radius 3 is 1.31 bits per heavy atom. The molecule has 10 rings (SSSR count). The average Bonchev–Trinajstić information content (AvgIpc) is 3.60. The molecule has 0 aliphatic carbocycles. The fourth-order valence-electron chi connectivity index (χ4n) is 9.10. The maximum atomic E-state index is 5.37. The third-order valence-corrected chi connectivity index (χ3v) is 18.8. The SMILES string of the molecule is C[Si]1(C)c2cc(-c3nc(-c4ccccc4)nc(-c4cccc5c4[Si](C)(C)c4cc(-c6ccccc6)ccc4-5)n3)ccc2-c2cccc(-c3ccccc3)c21. The van der Waals surface area contributed by atoms with Crippen LogP contribution in [0.3, 0.4) is 0 Å². The molecule has 0 spiro atoms. The van der Waals surface area contributed by atoms with E-state index in [2.05, 4.69) is 184 Å². The molecule has 0 N–H and O–H groups in total. The molecular weight excluding hydrogens is 687 g/mol. The summed E-state index contributed by atoms with van der Waals surface area (Å²) in [5.74, 6) is 2.14. The predicted octanol–water partition coefficient (Wildman–Crippen LogP) is 9.81. The van der Waals surface area contributed by atoms with E-state index in [9.17, 15) is 0 Å². The molecule has 0 bridgehead atoms. The Balaban J connectivity index is 1.13. The van der Waals surface area contributed by atoms with Crippen molar-refractivity contribution in [3.05, 3.63) is 164 Å². The first-order chi connectivity index (χ1) is 26.3. The molecule has 5 heteroatoms. The minimum absolute atomic E-state index is 0.696. The highest BCUT2D eigenvalue weighted by atomic mass is 28.3. The van der Waals surface area contributed by atoms with E-state index in [0.717, 1.165) is 22.5 Å². The van der Waals surface area contributed by atoms with Crippen molar-refractivity contribution in [2.45, 2.75) is 26.2 Å². The van der Waals surface area contributed by atoms with Gasteiger partial charge in [-0.25, -0.2) is 15.0 Å². The molecule has 258 valence electrons. The van der Waals surface area contributed by atoms with Gasteiger partial charge in [0.15, 0.2) is 17.5 Å². The lowest BCUT2D eigenvalue weighted by molar-refractivity contribution is 1.08. The van der Waals surface area contributed by atoms with Gasteiger partial charge in [-0.3, -0.25) is 0 Å². The molecular formula is C49H39N3Si2. The number of hydrogen-bond acceptors (Lipinski definition) is 3. The average molecular weight is 726 g/mol. The van der Waals surface area contributed by atoms with Crippen molar-refractivity contribution in [3.63, 3.8) is 0 Å². The van der Waals surface area contributed by atoms with Crippen LogP contribution in [0.2, 0.25) is 26.2 Å². The van der Waals surface area contributed by atoms with Crippen molar-refractivity contribution in [1.82, 2.24) is 15.0 Å². The van der Waals surface area contributed by atoms with Crippen LogP contribution in [0.1, 0.15) is 0 Å². The molecule has 0 saturated heterocycles. The Labute approximate surface area is 319 Å². The Kier molecular flexibility index (Phi) is 7.41. The molecule has 0 unspecified atom stereocenters. The summed E-state index contributed by atoms with van der Waals surface area (Å²) >= 11 is 0. The van der Waals surface area contributed by atoms with Gasteiger partial charge in [-0.1, -0.05) is 190 Å². The maximum absolute atomic E-state index is 5.37. The van der Waals surface area contributed by atoms with E-state index in [1.807, 2.05) is 6.07 Å². The Hall–Kier alpha value is -6.02. The van der Waals surface area contributed by atoms with Crippen molar-refractivity contribution < 1.29 is 0 Å². The predicted molar refractivity (Wildman–Crippen MR) is 231 cm³/mol. The summed E-state index contributed by atoms with van der Waals surface area (Å²) in [4.78, 5) is 15.8. The summed E-state index contributed by atoms with van der Waals surface area (Å²) < 4.78 is 0. The summed E-state index contributed by atoms with van der Waals surface area (Å²) in [5, 5.41) is 5.80. The van der Waals surface area contributed by atoms with E-state index in [-0.39, 0.29) is 0 Å². The van der Waals surface area contributed by atoms with Crippen molar-refractivity contribution in [2.24, 2.45) is 0 Å². The van der Waals surface area contributed by atoms with E-state index >= 15 is 0 Å². The molecule has 3 nitrogen and oxygen atoms in total. The van der Waals surface area contributed by atoms with E-state index in [1.54, 1.807) is 0 Å². The number of benzene rings is 7. The van der Waals surface area contributed by atoms with Crippen LogP contribution >= 0.6 is 0 Å². The van der Waals surface area contributed by atoms with Crippen LogP contribution in [0, 0.1) is 0 Å². The Bertz CT molecular complexity index is 2760. The molecule has 0 amide bonds. The monoisotopic (exact) mass is 725 g/mol. The third-order valence-electron chi connectivity index (χ3n) is 11.7. The highest BCUT2D eigenvalue weighted by Gasteiger charge is 2.41. The van der Waals surface area contributed by atoms with Gasteiger partial charge >= 0.3 is 0 Å². The lowest BCUT2D eigenvalue weighted by atomic mass is 9.98. The molecule has 0 fully saturated rings. The number of hydrogen-bond donors (Lipinski definition) is 0. The van der Waals surface area contributed by atoms with E-state index in [0.29, 0.717) is 11.6 Å². The molecule has 0 radical (unpaired) electrons. The summed E-state index contributed by atoms with van der Waals surface area (Å²) in [6.07, 6.45) is 0. The molecule has 0 saturated carbocycles. The van der Waals surface area contributed by atoms with Gasteiger partial charge in [0.25, 0.3) is 0 Å². The summed E-state index contributed by atoms with van der Waals surface area (Å²) in [7, 11) is -4.26. The van der Waals surface area contributed by atoms with Gasteiger partial charge in [0.2, 0.25) is 0 Å². The van der Waals surface area contributed by atoms with Crippen molar-refractivity contribution in [3.8, 4) is 78.7 Å². The van der Waals surface area contributed by atoms with Gasteiger partial charge in [-0.2, -0.15) is 0 Å². The number of fused-ring (bicyclic) bond motifs is 6. The van der Waals surface area contributed by atoms with Crippen LogP contribution in [0.4, 0.5) is 0 Å². The first-order valence-corrected chi connectivity index (χ1v) is 24.8. The highest BCUT2D eigenvalue weighted by molar-refractivity contribution is 7.05. The fraction of sp³-hybridized carbons (Fsp3) is 0.0816. The zero-order chi connectivity index (χ0) is 36.6. The lowest BCUT2D eigenvalue weighted by Crippen LogP contribution is -2.50. The van der Waals surface area contributed by atoms with Crippen LogP contribution in [0.15, 0.2) is 164 Å². The molecule has 3 heterocycles. The largest absolute Gasteiger partial charge is 0.208 e. The van der Waals surface area contributed by atoms with Crippen molar-refractivity contribution >= 4 is 36.9 Å². The minimum Gasteiger partial charge on any atom is -0.208 e. The van der Waals surface area contributed by atoms with Gasteiger partial charge in [-0.05, 0) is 65.3 Å². The normalized spacial score (nSPS) is 14.2. The van der Waals surface area contributed by atoms with E-state index < -0.39 is 16.1 Å². The third kappa shape index (κ3) is 5.03. The topological polar surface area (TPSA) is 38.7 Å². The zero-order valence-corrected chi connectivity index (χ0v) is 32.9. The molecule has 54 heavy (non-hydrogen) atoms. The summed E-state index contributed by atoms with van der Waals surface area (Å²) in [6.45, 7) is 9.93. The second-order valence-corrected chi connectivity index (χ2v) is 24.2. The number of rotatable bonds is 5. The smallest absolute Gasteiger partial charge is 0.164 e. The van der Waals surface area contributed by atoms with Gasteiger partial charge in [0, 0.05) is 16.7 Å². The van der Waals surface area contributed by atoms with Crippen LogP contribution in [0.5, 0.6) is 0 Å². The second-order valence-electron chi connectivity index (χ2n) is 15.6. The van der Waals surface area contributed by atoms with E-state index in [4.69, 9.17) is 15.0 Å². The second kappa shape index (κ2) is 12.3. The summed E-state index contributed by atoms with van der Waals surface area (Å²) in [6, 6.07) is 59.3. The van der Waals surface area contributed by atoms with Crippen LogP contribution in [-0.4, -0.2) is 31.1 Å². The van der Waals surface area contributed by atoms with Crippen LogP contribution in [0.25, 0.3) is 78.7 Å². The zero-order valence-electron chi connectivity index (χ0n) is 30.9. The Morgan fingerprint density at radius 1 is 0.296 bits per heavy atom. The molecule has 1 aromatic heterocycles. The quantitative estimate of drug-likeness (QED) is 0.166. The standard InChI is InChI=1S/C49H39N3Si2/c1-53(2)44-31-36(27-29-39(44)40-23-14-22-37(45(40)53)33-18-10-6-11-19-33)48-50-47(34-20-12-7-13-21-34)51-49(52-48)42-25-15-24-41-38-28-26-35(32-16-8-5-9-17-32)30-43(38)54(3,4)46(41)42/h5-31H,1-4H3. The van der Waals surface area contributed by atoms with Crippen LogP contribution in [-0.2, 0) is 0 Å². The maximum Gasteiger partial charge on any atom is 0.164 e. The fourth-order valence-corrected chi connectivity index (χ4v) is 16.0. The van der Waals surface area contributed by atoms with Gasteiger partial charge in [0.05, 0.1) is 0 Å². The first kappa shape index (κ1) is 32.6. The molecule has 2 aliphatic heterocycles. The van der Waals surface area contributed by atoms with Crippen LogP contribution < -0.4 is 20.7 Å².